The summed E-state index contributed by atoms with van der Waals surface area (Å²) in [6.45, 7) is 1.88. The van der Waals surface area contributed by atoms with Gasteiger partial charge in [0.2, 0.25) is 0 Å². The van der Waals surface area contributed by atoms with Crippen LogP contribution in [0.4, 0.5) is 0 Å². The Labute approximate surface area is 123 Å². The Balaban J connectivity index is 2.02. The van der Waals surface area contributed by atoms with Crippen molar-refractivity contribution in [3.63, 3.8) is 0 Å². The fraction of sp³-hybridized carbons (Fsp3) is 0.188. The van der Waals surface area contributed by atoms with E-state index < -0.39 is 0 Å². The fourth-order valence-corrected chi connectivity index (χ4v) is 2.33. The molecule has 0 spiro atoms. The monoisotopic (exact) mass is 279 g/mol. The summed E-state index contributed by atoms with van der Waals surface area (Å²) in [5.41, 5.74) is 9.32. The van der Waals surface area contributed by atoms with Gasteiger partial charge < -0.3 is 5.73 Å². The number of hydrogen-bond acceptors (Lipinski definition) is 4. The SMILES string of the molecule is CC(N)c1nnnn1-c1ccccc1Cc1ccccc1. The Morgan fingerprint density at radius 3 is 2.52 bits per heavy atom. The molecule has 0 amide bonds. The fourth-order valence-electron chi connectivity index (χ4n) is 2.33. The van der Waals surface area contributed by atoms with E-state index in [-0.39, 0.29) is 6.04 Å². The minimum atomic E-state index is -0.218. The smallest absolute Gasteiger partial charge is 0.173 e. The van der Waals surface area contributed by atoms with Crippen molar-refractivity contribution < 1.29 is 0 Å². The zero-order valence-electron chi connectivity index (χ0n) is 11.8. The van der Waals surface area contributed by atoms with Crippen LogP contribution in [0.25, 0.3) is 5.69 Å². The molecule has 0 fully saturated rings. The summed E-state index contributed by atoms with van der Waals surface area (Å²) < 4.78 is 1.73. The number of benzene rings is 2. The molecule has 1 atom stereocenters. The van der Waals surface area contributed by atoms with Gasteiger partial charge in [0, 0.05) is 0 Å². The van der Waals surface area contributed by atoms with Gasteiger partial charge in [0.1, 0.15) is 0 Å². The lowest BCUT2D eigenvalue weighted by Crippen LogP contribution is -2.14. The van der Waals surface area contributed by atoms with Crippen LogP contribution >= 0.6 is 0 Å². The summed E-state index contributed by atoms with van der Waals surface area (Å²) in [6, 6.07) is 18.2. The first-order chi connectivity index (χ1) is 10.3. The van der Waals surface area contributed by atoms with Crippen LogP contribution < -0.4 is 5.73 Å². The van der Waals surface area contributed by atoms with Crippen LogP contribution in [0.2, 0.25) is 0 Å². The van der Waals surface area contributed by atoms with Gasteiger partial charge in [-0.05, 0) is 41.0 Å². The third-order valence-corrected chi connectivity index (χ3v) is 3.36. The quantitative estimate of drug-likeness (QED) is 0.795. The zero-order valence-corrected chi connectivity index (χ0v) is 11.8. The van der Waals surface area contributed by atoms with Crippen molar-refractivity contribution >= 4 is 0 Å². The number of aromatic nitrogens is 4. The highest BCUT2D eigenvalue weighted by Gasteiger charge is 2.14. The van der Waals surface area contributed by atoms with Gasteiger partial charge in [0.25, 0.3) is 0 Å². The first kappa shape index (κ1) is 13.5. The minimum Gasteiger partial charge on any atom is -0.321 e. The number of nitrogens with two attached hydrogens (primary N) is 1. The van der Waals surface area contributed by atoms with Crippen LogP contribution in [0.3, 0.4) is 0 Å². The number of rotatable bonds is 4. The molecule has 2 aromatic carbocycles. The van der Waals surface area contributed by atoms with E-state index in [9.17, 15) is 0 Å². The van der Waals surface area contributed by atoms with E-state index in [1.807, 2.05) is 43.3 Å². The molecule has 5 heteroatoms. The largest absolute Gasteiger partial charge is 0.321 e. The second-order valence-electron chi connectivity index (χ2n) is 5.03. The van der Waals surface area contributed by atoms with Gasteiger partial charge >= 0.3 is 0 Å². The van der Waals surface area contributed by atoms with Gasteiger partial charge in [-0.3, -0.25) is 0 Å². The average Bonchev–Trinajstić information content (AvgIpc) is 2.98. The summed E-state index contributed by atoms with van der Waals surface area (Å²) >= 11 is 0. The molecule has 0 aliphatic heterocycles. The van der Waals surface area contributed by atoms with Gasteiger partial charge in [-0.2, -0.15) is 4.68 Å². The molecule has 2 N–H and O–H groups in total. The van der Waals surface area contributed by atoms with E-state index in [0.717, 1.165) is 17.7 Å². The predicted molar refractivity (Wildman–Crippen MR) is 81.0 cm³/mol. The zero-order chi connectivity index (χ0) is 14.7. The Hall–Kier alpha value is -2.53. The number of hydrogen-bond donors (Lipinski definition) is 1. The molecular formula is C16H17N5. The molecule has 1 heterocycles. The average molecular weight is 279 g/mol. The second kappa shape index (κ2) is 5.85. The lowest BCUT2D eigenvalue weighted by atomic mass is 10.0. The molecule has 0 aliphatic rings. The summed E-state index contributed by atoms with van der Waals surface area (Å²) in [5, 5.41) is 11.9. The van der Waals surface area contributed by atoms with Crippen molar-refractivity contribution in [2.75, 3.05) is 0 Å². The lowest BCUT2D eigenvalue weighted by molar-refractivity contribution is 0.685. The summed E-state index contributed by atoms with van der Waals surface area (Å²) in [7, 11) is 0. The first-order valence-electron chi connectivity index (χ1n) is 6.92. The van der Waals surface area contributed by atoms with E-state index in [0.29, 0.717) is 5.82 Å². The minimum absolute atomic E-state index is 0.218. The number of nitrogens with zero attached hydrogens (tertiary/aromatic N) is 4. The standard InChI is InChI=1S/C16H17N5/c1-12(17)16-18-19-20-21(16)15-10-6-5-9-14(15)11-13-7-3-2-4-8-13/h2-10,12H,11,17H2,1H3. The summed E-state index contributed by atoms with van der Waals surface area (Å²) in [4.78, 5) is 0. The van der Waals surface area contributed by atoms with Crippen LogP contribution in [0, 0.1) is 0 Å². The highest BCUT2D eigenvalue weighted by Crippen LogP contribution is 2.20. The van der Waals surface area contributed by atoms with Gasteiger partial charge in [-0.1, -0.05) is 48.5 Å². The molecule has 5 nitrogen and oxygen atoms in total. The van der Waals surface area contributed by atoms with Gasteiger partial charge in [0.05, 0.1) is 11.7 Å². The van der Waals surface area contributed by atoms with Crippen LogP contribution in [0.15, 0.2) is 54.6 Å². The maximum atomic E-state index is 5.94. The molecule has 0 saturated heterocycles. The van der Waals surface area contributed by atoms with Crippen LogP contribution in [-0.2, 0) is 6.42 Å². The van der Waals surface area contributed by atoms with Gasteiger partial charge in [0.15, 0.2) is 5.82 Å². The molecule has 0 aliphatic carbocycles. The van der Waals surface area contributed by atoms with Crippen molar-refractivity contribution in [1.29, 1.82) is 0 Å². The highest BCUT2D eigenvalue weighted by atomic mass is 15.5. The topological polar surface area (TPSA) is 69.6 Å². The van der Waals surface area contributed by atoms with E-state index in [2.05, 4.69) is 33.7 Å². The Bertz CT molecular complexity index is 718. The highest BCUT2D eigenvalue weighted by molar-refractivity contribution is 5.43. The molecule has 1 unspecified atom stereocenters. The predicted octanol–water partition coefficient (Wildman–Crippen LogP) is 2.27. The normalized spacial score (nSPS) is 12.3. The van der Waals surface area contributed by atoms with Crippen molar-refractivity contribution in [2.45, 2.75) is 19.4 Å². The first-order valence-corrected chi connectivity index (χ1v) is 6.92. The molecule has 3 aromatic rings. The molecule has 1 aromatic heterocycles. The van der Waals surface area contributed by atoms with Crippen molar-refractivity contribution in [2.24, 2.45) is 5.73 Å². The maximum Gasteiger partial charge on any atom is 0.173 e. The number of tetrazole rings is 1. The third kappa shape index (κ3) is 2.83. The Kier molecular flexibility index (Phi) is 3.75. The molecule has 3 rings (SSSR count). The molecular weight excluding hydrogens is 262 g/mol. The molecule has 106 valence electrons. The molecule has 0 bridgehead atoms. The Morgan fingerprint density at radius 2 is 1.76 bits per heavy atom. The molecule has 0 saturated carbocycles. The van der Waals surface area contributed by atoms with E-state index >= 15 is 0 Å². The maximum absolute atomic E-state index is 5.94. The van der Waals surface area contributed by atoms with E-state index in [1.54, 1.807) is 4.68 Å². The van der Waals surface area contributed by atoms with Crippen molar-refractivity contribution in [3.05, 3.63) is 71.5 Å². The third-order valence-electron chi connectivity index (χ3n) is 3.36. The van der Waals surface area contributed by atoms with Gasteiger partial charge in [-0.25, -0.2) is 0 Å². The summed E-state index contributed by atoms with van der Waals surface area (Å²) in [6.07, 6.45) is 0.829. The second-order valence-corrected chi connectivity index (χ2v) is 5.03. The van der Waals surface area contributed by atoms with Gasteiger partial charge in [-0.15, -0.1) is 5.10 Å². The summed E-state index contributed by atoms with van der Waals surface area (Å²) in [5.74, 6) is 0.663. The lowest BCUT2D eigenvalue weighted by Gasteiger charge is -2.12. The Morgan fingerprint density at radius 1 is 1.05 bits per heavy atom. The molecule has 0 radical (unpaired) electrons. The van der Waals surface area contributed by atoms with Crippen molar-refractivity contribution in [3.8, 4) is 5.69 Å². The van der Waals surface area contributed by atoms with Crippen LogP contribution in [-0.4, -0.2) is 20.2 Å². The van der Waals surface area contributed by atoms with Crippen LogP contribution in [0.5, 0.6) is 0 Å². The van der Waals surface area contributed by atoms with E-state index in [1.165, 1.54) is 5.56 Å². The molecule has 21 heavy (non-hydrogen) atoms. The van der Waals surface area contributed by atoms with Crippen LogP contribution in [0.1, 0.15) is 29.9 Å². The number of para-hydroxylation sites is 1. The van der Waals surface area contributed by atoms with E-state index in [4.69, 9.17) is 5.73 Å². The van der Waals surface area contributed by atoms with Crippen molar-refractivity contribution in [1.82, 2.24) is 20.2 Å².